The fourth-order valence-corrected chi connectivity index (χ4v) is 1.74. The lowest BCUT2D eigenvalue weighted by atomic mass is 10.0. The smallest absolute Gasteiger partial charge is 0.245 e. The van der Waals surface area contributed by atoms with Crippen LogP contribution in [0, 0.1) is 0 Å². The summed E-state index contributed by atoms with van der Waals surface area (Å²) >= 11 is 5.28. The third-order valence-electron chi connectivity index (χ3n) is 2.43. The molecule has 1 rings (SSSR count). The van der Waals surface area contributed by atoms with Crippen molar-refractivity contribution in [3.63, 3.8) is 0 Å². The molecule has 5 heteroatoms. The lowest BCUT2D eigenvalue weighted by Crippen LogP contribution is -2.33. The summed E-state index contributed by atoms with van der Waals surface area (Å²) in [6.07, 6.45) is 3.44. The second-order valence-electron chi connectivity index (χ2n) is 3.44. The van der Waals surface area contributed by atoms with Gasteiger partial charge in [0.25, 0.3) is 0 Å². The molecular weight excluding hydrogens is 237 g/mol. The molecule has 15 heavy (non-hydrogen) atoms. The molecule has 0 aromatic rings. The SMILES string of the molecule is COCCN1CCC(=CC(=O)Cl)CC1.Cl. The van der Waals surface area contributed by atoms with Gasteiger partial charge in [-0.15, -0.1) is 12.4 Å². The number of carbonyl (C=O) groups is 1. The van der Waals surface area contributed by atoms with E-state index in [-0.39, 0.29) is 17.6 Å². The molecule has 1 heterocycles. The Bertz CT molecular complexity index is 221. The highest BCUT2D eigenvalue weighted by molar-refractivity contribution is 6.66. The molecular formula is C10H17Cl2NO2. The zero-order valence-corrected chi connectivity index (χ0v) is 10.4. The molecule has 0 N–H and O–H groups in total. The van der Waals surface area contributed by atoms with Crippen molar-refractivity contribution in [2.24, 2.45) is 0 Å². The zero-order chi connectivity index (χ0) is 10.4. The van der Waals surface area contributed by atoms with Crippen LogP contribution in [0.2, 0.25) is 0 Å². The number of nitrogens with zero attached hydrogens (tertiary/aromatic N) is 1. The summed E-state index contributed by atoms with van der Waals surface area (Å²) in [5, 5.41) is -0.356. The lowest BCUT2D eigenvalue weighted by Gasteiger charge is -2.27. The first kappa shape index (κ1) is 14.9. The molecule has 0 saturated carbocycles. The monoisotopic (exact) mass is 253 g/mol. The van der Waals surface area contributed by atoms with Crippen LogP contribution >= 0.6 is 24.0 Å². The van der Waals surface area contributed by atoms with Crippen LogP contribution in [0.25, 0.3) is 0 Å². The molecule has 1 aliphatic rings. The Morgan fingerprint density at radius 1 is 1.53 bits per heavy atom. The molecule has 0 spiro atoms. The molecule has 0 amide bonds. The highest BCUT2D eigenvalue weighted by Crippen LogP contribution is 2.15. The van der Waals surface area contributed by atoms with Crippen LogP contribution in [0.1, 0.15) is 12.8 Å². The second-order valence-corrected chi connectivity index (χ2v) is 3.81. The Labute approximate surface area is 102 Å². The Morgan fingerprint density at radius 2 is 2.13 bits per heavy atom. The third-order valence-corrected chi connectivity index (χ3v) is 2.54. The van der Waals surface area contributed by atoms with Crippen molar-refractivity contribution in [3.05, 3.63) is 11.6 Å². The first-order valence-corrected chi connectivity index (χ1v) is 5.20. The van der Waals surface area contributed by atoms with Crippen molar-refractivity contribution in [3.8, 4) is 0 Å². The van der Waals surface area contributed by atoms with Crippen LogP contribution in [0.15, 0.2) is 11.6 Å². The summed E-state index contributed by atoms with van der Waals surface area (Å²) in [7, 11) is 1.71. The average Bonchev–Trinajstić information content (AvgIpc) is 2.16. The Kier molecular flexibility index (Phi) is 8.06. The van der Waals surface area contributed by atoms with Gasteiger partial charge in [0.05, 0.1) is 6.61 Å². The van der Waals surface area contributed by atoms with Gasteiger partial charge in [-0.25, -0.2) is 0 Å². The van der Waals surface area contributed by atoms with Crippen molar-refractivity contribution >= 4 is 29.3 Å². The molecule has 0 aromatic heterocycles. The maximum absolute atomic E-state index is 10.6. The quantitative estimate of drug-likeness (QED) is 0.566. The van der Waals surface area contributed by atoms with Crippen LogP contribution in [-0.4, -0.2) is 43.5 Å². The summed E-state index contributed by atoms with van der Waals surface area (Å²) in [6, 6.07) is 0. The number of carbonyl (C=O) groups excluding carboxylic acids is 1. The number of allylic oxidation sites excluding steroid dienone is 1. The number of likely N-dealkylation sites (tertiary alicyclic amines) is 1. The van der Waals surface area contributed by atoms with Gasteiger partial charge in [-0.05, 0) is 30.5 Å². The molecule has 1 aliphatic heterocycles. The summed E-state index contributed by atoms with van der Waals surface area (Å²) in [6.45, 7) is 3.74. The topological polar surface area (TPSA) is 29.5 Å². The summed E-state index contributed by atoms with van der Waals surface area (Å²) < 4.78 is 5.00. The van der Waals surface area contributed by atoms with Crippen molar-refractivity contribution in [1.82, 2.24) is 4.90 Å². The summed E-state index contributed by atoms with van der Waals surface area (Å²) in [5.41, 5.74) is 1.17. The van der Waals surface area contributed by atoms with Crippen molar-refractivity contribution in [2.45, 2.75) is 12.8 Å². The van der Waals surface area contributed by atoms with E-state index in [9.17, 15) is 4.79 Å². The first-order valence-electron chi connectivity index (χ1n) is 4.82. The van der Waals surface area contributed by atoms with Gasteiger partial charge in [0.15, 0.2) is 0 Å². The van der Waals surface area contributed by atoms with E-state index in [1.54, 1.807) is 13.2 Å². The number of ether oxygens (including phenoxy) is 1. The number of piperidine rings is 1. The maximum Gasteiger partial charge on any atom is 0.245 e. The Hall–Kier alpha value is -0.0900. The maximum atomic E-state index is 10.6. The van der Waals surface area contributed by atoms with E-state index < -0.39 is 0 Å². The molecule has 0 aliphatic carbocycles. The van der Waals surface area contributed by atoms with E-state index >= 15 is 0 Å². The van der Waals surface area contributed by atoms with Crippen LogP contribution in [0.3, 0.4) is 0 Å². The van der Waals surface area contributed by atoms with E-state index in [0.717, 1.165) is 39.1 Å². The minimum absolute atomic E-state index is 0. The van der Waals surface area contributed by atoms with Gasteiger partial charge < -0.3 is 9.64 Å². The van der Waals surface area contributed by atoms with E-state index in [4.69, 9.17) is 16.3 Å². The van der Waals surface area contributed by atoms with Crippen LogP contribution in [0.5, 0.6) is 0 Å². The van der Waals surface area contributed by atoms with Gasteiger partial charge in [0.1, 0.15) is 0 Å². The van der Waals surface area contributed by atoms with Gasteiger partial charge in [-0.3, -0.25) is 4.79 Å². The first-order chi connectivity index (χ1) is 6.72. The summed E-state index contributed by atoms with van der Waals surface area (Å²) in [4.78, 5) is 13.0. The number of hydrogen-bond donors (Lipinski definition) is 0. The minimum Gasteiger partial charge on any atom is -0.383 e. The number of rotatable bonds is 4. The molecule has 0 aromatic carbocycles. The van der Waals surface area contributed by atoms with Gasteiger partial charge in [-0.2, -0.15) is 0 Å². The Morgan fingerprint density at radius 3 is 2.60 bits per heavy atom. The van der Waals surface area contributed by atoms with Crippen LogP contribution in [-0.2, 0) is 9.53 Å². The summed E-state index contributed by atoms with van der Waals surface area (Å²) in [5.74, 6) is 0. The second kappa shape index (κ2) is 8.11. The van der Waals surface area contributed by atoms with Crippen molar-refractivity contribution in [2.75, 3.05) is 33.4 Å². The van der Waals surface area contributed by atoms with Gasteiger partial charge in [0.2, 0.25) is 5.24 Å². The van der Waals surface area contributed by atoms with E-state index in [0.29, 0.717) is 0 Å². The number of hydrogen-bond acceptors (Lipinski definition) is 3. The predicted molar refractivity (Wildman–Crippen MR) is 63.7 cm³/mol. The van der Waals surface area contributed by atoms with Gasteiger partial charge in [-0.1, -0.05) is 5.57 Å². The molecule has 88 valence electrons. The molecule has 0 radical (unpaired) electrons. The third kappa shape index (κ3) is 6.15. The van der Waals surface area contributed by atoms with Crippen molar-refractivity contribution in [1.29, 1.82) is 0 Å². The molecule has 3 nitrogen and oxygen atoms in total. The molecule has 1 saturated heterocycles. The molecule has 0 bridgehead atoms. The highest BCUT2D eigenvalue weighted by Gasteiger charge is 2.13. The van der Waals surface area contributed by atoms with Gasteiger partial charge in [0, 0.05) is 26.7 Å². The largest absolute Gasteiger partial charge is 0.383 e. The molecule has 0 unspecified atom stereocenters. The fraction of sp³-hybridized carbons (Fsp3) is 0.700. The molecule has 0 atom stereocenters. The van der Waals surface area contributed by atoms with Crippen molar-refractivity contribution < 1.29 is 9.53 Å². The fourth-order valence-electron chi connectivity index (χ4n) is 1.59. The zero-order valence-electron chi connectivity index (χ0n) is 8.87. The minimum atomic E-state index is -0.356. The van der Waals surface area contributed by atoms with E-state index in [2.05, 4.69) is 4.90 Å². The van der Waals surface area contributed by atoms with Crippen LogP contribution in [0.4, 0.5) is 0 Å². The highest BCUT2D eigenvalue weighted by atomic mass is 35.5. The van der Waals surface area contributed by atoms with Crippen LogP contribution < -0.4 is 0 Å². The van der Waals surface area contributed by atoms with E-state index in [1.807, 2.05) is 0 Å². The predicted octanol–water partition coefficient (Wildman–Crippen LogP) is 1.84. The number of methoxy groups -OCH3 is 1. The lowest BCUT2D eigenvalue weighted by molar-refractivity contribution is -0.107. The Balaban J connectivity index is 0.00000196. The van der Waals surface area contributed by atoms with E-state index in [1.165, 1.54) is 5.57 Å². The standard InChI is InChI=1S/C10H16ClNO2.ClH/c1-14-7-6-12-4-2-9(3-5-12)8-10(11)13;/h8H,2-7H2,1H3;1H. The number of halogens is 2. The van der Waals surface area contributed by atoms with Gasteiger partial charge >= 0.3 is 0 Å². The normalized spacial score (nSPS) is 17.1. The molecule has 1 fully saturated rings. The average molecular weight is 254 g/mol.